The van der Waals surface area contributed by atoms with Crippen molar-refractivity contribution in [2.24, 2.45) is 0 Å². The summed E-state index contributed by atoms with van der Waals surface area (Å²) in [5.41, 5.74) is -0.264. The molecule has 5 heteroatoms. The zero-order chi connectivity index (χ0) is 12.0. The van der Waals surface area contributed by atoms with Crippen LogP contribution >= 0.6 is 0 Å². The van der Waals surface area contributed by atoms with Gasteiger partial charge in [0.1, 0.15) is 18.6 Å². The first-order valence-electron chi connectivity index (χ1n) is 5.13. The van der Waals surface area contributed by atoms with Crippen LogP contribution in [0.2, 0.25) is 0 Å². The van der Waals surface area contributed by atoms with Gasteiger partial charge in [0.2, 0.25) is 11.2 Å². The molecule has 0 spiro atoms. The molecule has 1 N–H and O–H groups in total. The minimum absolute atomic E-state index is 0.191. The topological polar surface area (TPSA) is 62.9 Å². The second kappa shape index (κ2) is 6.30. The maximum atomic E-state index is 11.4. The fourth-order valence-corrected chi connectivity index (χ4v) is 1.19. The Morgan fingerprint density at radius 1 is 1.50 bits per heavy atom. The molecule has 1 aromatic heterocycles. The van der Waals surface area contributed by atoms with Gasteiger partial charge in [0, 0.05) is 12.6 Å². The number of hydrogen-bond acceptors (Lipinski definition) is 5. The average Bonchev–Trinajstić information content (AvgIpc) is 2.25. The van der Waals surface area contributed by atoms with Gasteiger partial charge in [-0.05, 0) is 20.5 Å². The summed E-state index contributed by atoms with van der Waals surface area (Å²) in [6.45, 7) is 1.09. The molecule has 0 radical (unpaired) electrons. The molecule has 1 rings (SSSR count). The fraction of sp³-hybridized carbons (Fsp3) is 0.545. The number of aliphatic hydroxyl groups is 1. The molecule has 0 aliphatic carbocycles. The van der Waals surface area contributed by atoms with Crippen LogP contribution in [0.15, 0.2) is 21.5 Å². The summed E-state index contributed by atoms with van der Waals surface area (Å²) in [6, 6.07) is 1.24. The number of rotatable bonds is 6. The first kappa shape index (κ1) is 12.7. The van der Waals surface area contributed by atoms with Crippen molar-refractivity contribution in [2.45, 2.75) is 13.0 Å². The van der Waals surface area contributed by atoms with E-state index in [-0.39, 0.29) is 23.5 Å². The first-order chi connectivity index (χ1) is 7.63. The molecule has 0 saturated heterocycles. The summed E-state index contributed by atoms with van der Waals surface area (Å²) in [4.78, 5) is 13.5. The van der Waals surface area contributed by atoms with Crippen molar-refractivity contribution >= 4 is 0 Å². The van der Waals surface area contributed by atoms with Crippen LogP contribution in [-0.2, 0) is 6.61 Å². The maximum absolute atomic E-state index is 11.4. The zero-order valence-electron chi connectivity index (χ0n) is 9.60. The van der Waals surface area contributed by atoms with Crippen molar-refractivity contribution in [3.63, 3.8) is 0 Å². The Balaban J connectivity index is 2.45. The molecule has 0 atom stereocenters. The van der Waals surface area contributed by atoms with E-state index in [2.05, 4.69) is 0 Å². The Morgan fingerprint density at radius 3 is 2.81 bits per heavy atom. The Bertz CT molecular complexity index is 372. The summed E-state index contributed by atoms with van der Waals surface area (Å²) in [5.74, 6) is 0.432. The minimum Gasteiger partial charge on any atom is -0.487 e. The molecule has 1 heterocycles. The predicted octanol–water partition coefficient (Wildman–Crippen LogP) is 0.463. The predicted molar refractivity (Wildman–Crippen MR) is 59.6 cm³/mol. The van der Waals surface area contributed by atoms with E-state index in [9.17, 15) is 4.79 Å². The summed E-state index contributed by atoms with van der Waals surface area (Å²) in [7, 11) is 3.95. The van der Waals surface area contributed by atoms with Crippen LogP contribution in [0.25, 0.3) is 0 Å². The summed E-state index contributed by atoms with van der Waals surface area (Å²) >= 11 is 0. The minimum atomic E-state index is -0.282. The van der Waals surface area contributed by atoms with Gasteiger partial charge in [-0.15, -0.1) is 0 Å². The molecule has 90 valence electrons. The summed E-state index contributed by atoms with van der Waals surface area (Å²) < 4.78 is 10.3. The molecule has 5 nitrogen and oxygen atoms in total. The van der Waals surface area contributed by atoms with Crippen molar-refractivity contribution in [2.75, 3.05) is 27.2 Å². The quantitative estimate of drug-likeness (QED) is 0.715. The van der Waals surface area contributed by atoms with E-state index in [1.807, 2.05) is 19.0 Å². The lowest BCUT2D eigenvalue weighted by Crippen LogP contribution is -2.17. The largest absolute Gasteiger partial charge is 0.487 e. The molecule has 0 fully saturated rings. The number of aliphatic hydroxyl groups excluding tert-OH is 1. The lowest BCUT2D eigenvalue weighted by molar-refractivity contribution is 0.235. The number of ether oxygens (including phenoxy) is 1. The zero-order valence-corrected chi connectivity index (χ0v) is 9.60. The second-order valence-corrected chi connectivity index (χ2v) is 3.74. The van der Waals surface area contributed by atoms with Crippen molar-refractivity contribution in [1.82, 2.24) is 4.90 Å². The third kappa shape index (κ3) is 4.04. The van der Waals surface area contributed by atoms with Crippen LogP contribution < -0.4 is 10.2 Å². The van der Waals surface area contributed by atoms with Crippen molar-refractivity contribution in [3.05, 3.63) is 28.3 Å². The van der Waals surface area contributed by atoms with Crippen molar-refractivity contribution < 1.29 is 14.3 Å². The third-order valence-electron chi connectivity index (χ3n) is 2.02. The second-order valence-electron chi connectivity index (χ2n) is 3.74. The van der Waals surface area contributed by atoms with Gasteiger partial charge in [0.15, 0.2) is 0 Å². The van der Waals surface area contributed by atoms with Gasteiger partial charge >= 0.3 is 0 Å². The molecule has 0 aliphatic rings. The van der Waals surface area contributed by atoms with Crippen LogP contribution in [0, 0.1) is 0 Å². The molecular formula is C11H17NO4. The Morgan fingerprint density at radius 2 is 2.25 bits per heavy atom. The smallest absolute Gasteiger partial charge is 0.227 e. The Kier molecular flexibility index (Phi) is 5.01. The van der Waals surface area contributed by atoms with E-state index in [0.717, 1.165) is 13.0 Å². The molecule has 0 unspecified atom stereocenters. The van der Waals surface area contributed by atoms with E-state index in [1.54, 1.807) is 0 Å². The fourth-order valence-electron chi connectivity index (χ4n) is 1.19. The monoisotopic (exact) mass is 227 g/mol. The highest BCUT2D eigenvalue weighted by Crippen LogP contribution is 2.06. The van der Waals surface area contributed by atoms with Crippen LogP contribution in [0.3, 0.4) is 0 Å². The summed E-state index contributed by atoms with van der Waals surface area (Å²) in [5, 5.41) is 8.75. The molecule has 16 heavy (non-hydrogen) atoms. The van der Waals surface area contributed by atoms with Crippen molar-refractivity contribution in [3.8, 4) is 5.75 Å². The Labute approximate surface area is 94.3 Å². The SMILES string of the molecule is CN(C)CCCOc1coc(CO)cc1=O. The van der Waals surface area contributed by atoms with Crippen LogP contribution in [0.4, 0.5) is 0 Å². The highest BCUT2D eigenvalue weighted by atomic mass is 16.5. The van der Waals surface area contributed by atoms with Crippen molar-refractivity contribution in [1.29, 1.82) is 0 Å². The van der Waals surface area contributed by atoms with Gasteiger partial charge in [-0.1, -0.05) is 0 Å². The van der Waals surface area contributed by atoms with Gasteiger partial charge in [0.05, 0.1) is 6.61 Å². The lowest BCUT2D eigenvalue weighted by atomic mass is 10.4. The van der Waals surface area contributed by atoms with Gasteiger partial charge in [-0.25, -0.2) is 0 Å². The molecular weight excluding hydrogens is 210 g/mol. The normalized spacial score (nSPS) is 10.8. The van der Waals surface area contributed by atoms with E-state index in [0.29, 0.717) is 6.61 Å². The van der Waals surface area contributed by atoms with E-state index >= 15 is 0 Å². The highest BCUT2D eigenvalue weighted by Gasteiger charge is 2.03. The molecule has 0 aromatic carbocycles. The van der Waals surface area contributed by atoms with Crippen LogP contribution in [0.5, 0.6) is 5.75 Å². The molecule has 0 amide bonds. The lowest BCUT2D eigenvalue weighted by Gasteiger charge is -2.09. The van der Waals surface area contributed by atoms with Crippen LogP contribution in [-0.4, -0.2) is 37.3 Å². The maximum Gasteiger partial charge on any atom is 0.227 e. The van der Waals surface area contributed by atoms with Gasteiger partial charge in [-0.3, -0.25) is 4.79 Å². The first-order valence-corrected chi connectivity index (χ1v) is 5.13. The molecule has 1 aromatic rings. The van der Waals surface area contributed by atoms with Gasteiger partial charge in [-0.2, -0.15) is 0 Å². The standard InChI is InChI=1S/C11H17NO4/c1-12(2)4-3-5-15-11-8-16-9(7-13)6-10(11)14/h6,8,13H,3-5,7H2,1-2H3. The van der Waals surface area contributed by atoms with Gasteiger partial charge in [0.25, 0.3) is 0 Å². The molecule has 0 aliphatic heterocycles. The van der Waals surface area contributed by atoms with E-state index in [4.69, 9.17) is 14.3 Å². The molecule has 0 bridgehead atoms. The third-order valence-corrected chi connectivity index (χ3v) is 2.02. The Hall–Kier alpha value is -1.33. The molecule has 0 saturated carbocycles. The highest BCUT2D eigenvalue weighted by molar-refractivity contribution is 5.17. The number of nitrogens with zero attached hydrogens (tertiary/aromatic N) is 1. The van der Waals surface area contributed by atoms with Crippen LogP contribution in [0.1, 0.15) is 12.2 Å². The number of hydrogen-bond donors (Lipinski definition) is 1. The van der Waals surface area contributed by atoms with E-state index in [1.165, 1.54) is 12.3 Å². The average molecular weight is 227 g/mol. The van der Waals surface area contributed by atoms with Gasteiger partial charge < -0.3 is 19.2 Å². The van der Waals surface area contributed by atoms with E-state index < -0.39 is 0 Å². The summed E-state index contributed by atoms with van der Waals surface area (Å²) in [6.07, 6.45) is 2.08.